The van der Waals surface area contributed by atoms with Crippen molar-refractivity contribution < 1.29 is 9.26 Å². The summed E-state index contributed by atoms with van der Waals surface area (Å²) in [5, 5.41) is 4.01. The second kappa shape index (κ2) is 4.73. The number of hydrogen-bond donors (Lipinski definition) is 1. The zero-order valence-corrected chi connectivity index (χ0v) is 11.2. The van der Waals surface area contributed by atoms with Crippen molar-refractivity contribution in [1.82, 2.24) is 14.7 Å². The van der Waals surface area contributed by atoms with Gasteiger partial charge in [-0.1, -0.05) is 17.3 Å². The van der Waals surface area contributed by atoms with E-state index < -0.39 is 0 Å². The van der Waals surface area contributed by atoms with Crippen LogP contribution in [0.3, 0.4) is 0 Å². The number of ether oxygens (including phenoxy) is 1. The van der Waals surface area contributed by atoms with Crippen LogP contribution in [0.1, 0.15) is 0 Å². The van der Waals surface area contributed by atoms with Crippen molar-refractivity contribution in [2.75, 3.05) is 12.8 Å². The topological polar surface area (TPSA) is 79.1 Å². The van der Waals surface area contributed by atoms with Gasteiger partial charge >= 0.3 is 0 Å². The summed E-state index contributed by atoms with van der Waals surface area (Å²) < 4.78 is 12.1. The van der Waals surface area contributed by atoms with Gasteiger partial charge in [0.05, 0.1) is 19.0 Å². The van der Waals surface area contributed by atoms with Crippen LogP contribution in [0.4, 0.5) is 5.88 Å². The van der Waals surface area contributed by atoms with Gasteiger partial charge in [0.1, 0.15) is 17.1 Å². The van der Waals surface area contributed by atoms with E-state index >= 15 is 0 Å². The lowest BCUT2D eigenvalue weighted by Crippen LogP contribution is -1.89. The molecule has 0 saturated heterocycles. The molecule has 3 aromatic rings. The highest BCUT2D eigenvalue weighted by atomic mass is 16.5. The number of nitrogens with two attached hydrogens (primary N) is 1. The number of aryl methyl sites for hydroxylation is 1. The average Bonchev–Trinajstić information content (AvgIpc) is 3.05. The Hall–Kier alpha value is -2.76. The Kier molecular flexibility index (Phi) is 2.90. The van der Waals surface area contributed by atoms with Crippen LogP contribution in [0.2, 0.25) is 0 Å². The summed E-state index contributed by atoms with van der Waals surface area (Å²) >= 11 is 0. The van der Waals surface area contributed by atoms with Crippen LogP contribution in [0.25, 0.3) is 22.5 Å². The maximum absolute atomic E-state index is 5.89. The fourth-order valence-electron chi connectivity index (χ4n) is 2.05. The van der Waals surface area contributed by atoms with Crippen LogP contribution in [0, 0.1) is 0 Å². The zero-order valence-electron chi connectivity index (χ0n) is 11.2. The summed E-state index contributed by atoms with van der Waals surface area (Å²) in [4.78, 5) is 4.28. The van der Waals surface area contributed by atoms with Crippen molar-refractivity contribution in [3.8, 4) is 28.3 Å². The SMILES string of the molecule is COc1ccc(-c2c(-c3cn(C)cn3)noc2N)cc1. The first-order valence-electron chi connectivity index (χ1n) is 6.07. The number of imidazole rings is 1. The molecule has 2 heterocycles. The van der Waals surface area contributed by atoms with Crippen molar-refractivity contribution in [1.29, 1.82) is 0 Å². The van der Waals surface area contributed by atoms with E-state index in [1.165, 1.54) is 0 Å². The molecular weight excluding hydrogens is 256 g/mol. The third-order valence-corrected chi connectivity index (χ3v) is 3.04. The fourth-order valence-corrected chi connectivity index (χ4v) is 2.05. The summed E-state index contributed by atoms with van der Waals surface area (Å²) in [5.41, 5.74) is 8.90. The molecule has 2 N–H and O–H groups in total. The zero-order chi connectivity index (χ0) is 14.1. The third kappa shape index (κ3) is 2.01. The van der Waals surface area contributed by atoms with E-state index in [-0.39, 0.29) is 5.88 Å². The third-order valence-electron chi connectivity index (χ3n) is 3.04. The highest BCUT2D eigenvalue weighted by molar-refractivity contribution is 5.85. The van der Waals surface area contributed by atoms with E-state index in [1.54, 1.807) is 13.4 Å². The Labute approximate surface area is 115 Å². The molecule has 0 spiro atoms. The first kappa shape index (κ1) is 12.3. The van der Waals surface area contributed by atoms with Gasteiger partial charge in [-0.05, 0) is 17.7 Å². The predicted molar refractivity (Wildman–Crippen MR) is 75.1 cm³/mol. The normalized spacial score (nSPS) is 10.7. The van der Waals surface area contributed by atoms with Crippen LogP contribution in [0.5, 0.6) is 5.75 Å². The summed E-state index contributed by atoms with van der Waals surface area (Å²) in [6.45, 7) is 0. The van der Waals surface area contributed by atoms with Gasteiger partial charge in [0.25, 0.3) is 0 Å². The molecular formula is C14H14N4O2. The highest BCUT2D eigenvalue weighted by Crippen LogP contribution is 2.35. The van der Waals surface area contributed by atoms with Gasteiger partial charge < -0.3 is 19.6 Å². The lowest BCUT2D eigenvalue weighted by atomic mass is 10.0. The van der Waals surface area contributed by atoms with Crippen LogP contribution in [-0.4, -0.2) is 21.8 Å². The second-order valence-electron chi connectivity index (χ2n) is 4.42. The lowest BCUT2D eigenvalue weighted by Gasteiger charge is -2.03. The molecule has 102 valence electrons. The van der Waals surface area contributed by atoms with E-state index in [4.69, 9.17) is 15.0 Å². The molecule has 2 aromatic heterocycles. The van der Waals surface area contributed by atoms with Gasteiger partial charge in [-0.2, -0.15) is 0 Å². The predicted octanol–water partition coefficient (Wildman–Crippen LogP) is 2.33. The summed E-state index contributed by atoms with van der Waals surface area (Å²) in [6, 6.07) is 7.55. The molecule has 3 rings (SSSR count). The number of methoxy groups -OCH3 is 1. The minimum Gasteiger partial charge on any atom is -0.497 e. The number of rotatable bonds is 3. The number of nitrogen functional groups attached to an aromatic ring is 1. The Bertz CT molecular complexity index is 728. The van der Waals surface area contributed by atoms with E-state index in [0.717, 1.165) is 22.6 Å². The molecule has 6 heteroatoms. The van der Waals surface area contributed by atoms with Crippen molar-refractivity contribution in [3.63, 3.8) is 0 Å². The van der Waals surface area contributed by atoms with Gasteiger partial charge in [-0.25, -0.2) is 4.98 Å². The maximum atomic E-state index is 5.89. The first-order valence-corrected chi connectivity index (χ1v) is 6.07. The summed E-state index contributed by atoms with van der Waals surface area (Å²) in [5.74, 6) is 1.05. The molecule has 1 aromatic carbocycles. The molecule has 0 unspecified atom stereocenters. The Morgan fingerprint density at radius 2 is 2.00 bits per heavy atom. The fraction of sp³-hybridized carbons (Fsp3) is 0.143. The minimum absolute atomic E-state index is 0.274. The van der Waals surface area contributed by atoms with Crippen LogP contribution < -0.4 is 10.5 Å². The molecule has 0 aliphatic carbocycles. The van der Waals surface area contributed by atoms with Crippen LogP contribution in [0.15, 0.2) is 41.3 Å². The Balaban J connectivity index is 2.10. The minimum atomic E-state index is 0.274. The van der Waals surface area contributed by atoms with E-state index in [9.17, 15) is 0 Å². The van der Waals surface area contributed by atoms with Gasteiger partial charge in [0, 0.05) is 13.2 Å². The van der Waals surface area contributed by atoms with Gasteiger partial charge in [0.2, 0.25) is 5.88 Å². The van der Waals surface area contributed by atoms with E-state index in [1.807, 2.05) is 42.1 Å². The Morgan fingerprint density at radius 1 is 1.25 bits per heavy atom. The van der Waals surface area contributed by atoms with Crippen LogP contribution in [-0.2, 0) is 7.05 Å². The number of hydrogen-bond acceptors (Lipinski definition) is 5. The largest absolute Gasteiger partial charge is 0.497 e. The number of benzene rings is 1. The average molecular weight is 270 g/mol. The van der Waals surface area contributed by atoms with Crippen LogP contribution >= 0.6 is 0 Å². The quantitative estimate of drug-likeness (QED) is 0.790. The maximum Gasteiger partial charge on any atom is 0.230 e. The molecule has 0 amide bonds. The molecule has 0 saturated carbocycles. The molecule has 0 atom stereocenters. The lowest BCUT2D eigenvalue weighted by molar-refractivity contribution is 0.415. The highest BCUT2D eigenvalue weighted by Gasteiger charge is 2.19. The van der Waals surface area contributed by atoms with Gasteiger partial charge in [-0.15, -0.1) is 0 Å². The molecule has 0 aliphatic heterocycles. The first-order chi connectivity index (χ1) is 9.69. The molecule has 0 radical (unpaired) electrons. The van der Waals surface area contributed by atoms with Crippen molar-refractivity contribution in [2.24, 2.45) is 7.05 Å². The standard InChI is InChI=1S/C14H14N4O2/c1-18-7-11(16-8-18)13-12(14(15)20-17-13)9-3-5-10(19-2)6-4-9/h3-8H,15H2,1-2H3. The molecule has 0 fully saturated rings. The monoisotopic (exact) mass is 270 g/mol. The summed E-state index contributed by atoms with van der Waals surface area (Å²) in [6.07, 6.45) is 3.57. The smallest absolute Gasteiger partial charge is 0.230 e. The molecule has 6 nitrogen and oxygen atoms in total. The number of aromatic nitrogens is 3. The van der Waals surface area contributed by atoms with Gasteiger partial charge in [-0.3, -0.25) is 0 Å². The molecule has 0 aliphatic rings. The van der Waals surface area contributed by atoms with E-state index in [2.05, 4.69) is 10.1 Å². The Morgan fingerprint density at radius 3 is 2.60 bits per heavy atom. The van der Waals surface area contributed by atoms with Crippen molar-refractivity contribution in [3.05, 3.63) is 36.8 Å². The number of anilines is 1. The molecule has 0 bridgehead atoms. The van der Waals surface area contributed by atoms with Gasteiger partial charge in [0.15, 0.2) is 0 Å². The number of nitrogens with zero attached hydrogens (tertiary/aromatic N) is 3. The van der Waals surface area contributed by atoms with Crippen molar-refractivity contribution >= 4 is 5.88 Å². The molecule has 20 heavy (non-hydrogen) atoms. The second-order valence-corrected chi connectivity index (χ2v) is 4.42. The van der Waals surface area contributed by atoms with E-state index in [0.29, 0.717) is 5.69 Å². The van der Waals surface area contributed by atoms with Crippen molar-refractivity contribution in [2.45, 2.75) is 0 Å². The summed E-state index contributed by atoms with van der Waals surface area (Å²) in [7, 11) is 3.52.